The summed E-state index contributed by atoms with van der Waals surface area (Å²) in [5.74, 6) is 0.732. The van der Waals surface area contributed by atoms with Crippen molar-refractivity contribution >= 4 is 34.3 Å². The van der Waals surface area contributed by atoms with Crippen molar-refractivity contribution in [2.45, 2.75) is 20.1 Å². The molecule has 0 bridgehead atoms. The first kappa shape index (κ1) is 16.4. The zero-order valence-electron chi connectivity index (χ0n) is 12.3. The molecule has 2 amide bonds. The van der Waals surface area contributed by atoms with E-state index in [2.05, 4.69) is 33.2 Å². The second kappa shape index (κ2) is 7.35. The minimum Gasteiger partial charge on any atom is -0.508 e. The standard InChI is InChI=1S/C16H17IN2O3/c1-10-9-12(17)3-8-15(10)19-16(21)18-11(2)22-14-6-4-13(20)5-7-14/h3-9,11,20H,1-2H3,(H2,18,19,21). The van der Waals surface area contributed by atoms with Crippen molar-refractivity contribution in [3.63, 3.8) is 0 Å². The van der Waals surface area contributed by atoms with Crippen LogP contribution in [0.2, 0.25) is 0 Å². The van der Waals surface area contributed by atoms with Gasteiger partial charge in [0.05, 0.1) is 0 Å². The number of halogens is 1. The lowest BCUT2D eigenvalue weighted by atomic mass is 10.2. The van der Waals surface area contributed by atoms with E-state index in [1.165, 1.54) is 12.1 Å². The summed E-state index contributed by atoms with van der Waals surface area (Å²) in [6, 6.07) is 11.8. The Morgan fingerprint density at radius 1 is 1.23 bits per heavy atom. The van der Waals surface area contributed by atoms with Crippen LogP contribution in [-0.4, -0.2) is 17.4 Å². The van der Waals surface area contributed by atoms with Gasteiger partial charge < -0.3 is 20.5 Å². The molecule has 0 saturated carbocycles. The number of urea groups is 1. The Hall–Kier alpha value is -1.96. The molecule has 116 valence electrons. The lowest BCUT2D eigenvalue weighted by molar-refractivity contribution is 0.183. The first-order valence-electron chi connectivity index (χ1n) is 6.73. The lowest BCUT2D eigenvalue weighted by Crippen LogP contribution is -2.39. The van der Waals surface area contributed by atoms with Gasteiger partial charge in [0.1, 0.15) is 11.5 Å². The quantitative estimate of drug-likeness (QED) is 0.528. The number of phenolic OH excluding ortho intramolecular Hbond substituents is 1. The van der Waals surface area contributed by atoms with E-state index in [0.717, 1.165) is 14.8 Å². The number of benzene rings is 2. The number of carbonyl (C=O) groups is 1. The Labute approximate surface area is 142 Å². The molecule has 1 unspecified atom stereocenters. The van der Waals surface area contributed by atoms with Crippen LogP contribution in [0.25, 0.3) is 0 Å². The number of phenols is 1. The minimum atomic E-state index is -0.506. The van der Waals surface area contributed by atoms with E-state index >= 15 is 0 Å². The number of anilines is 1. The van der Waals surface area contributed by atoms with E-state index in [-0.39, 0.29) is 11.8 Å². The molecule has 0 aromatic heterocycles. The third kappa shape index (κ3) is 4.80. The van der Waals surface area contributed by atoms with E-state index in [9.17, 15) is 9.90 Å². The number of amides is 2. The fourth-order valence-electron chi connectivity index (χ4n) is 1.87. The van der Waals surface area contributed by atoms with Crippen molar-refractivity contribution in [1.82, 2.24) is 5.32 Å². The van der Waals surface area contributed by atoms with Crippen LogP contribution < -0.4 is 15.4 Å². The summed E-state index contributed by atoms with van der Waals surface area (Å²) in [7, 11) is 0. The first-order valence-corrected chi connectivity index (χ1v) is 7.81. The number of ether oxygens (including phenoxy) is 1. The second-order valence-electron chi connectivity index (χ2n) is 4.81. The largest absolute Gasteiger partial charge is 0.508 e. The minimum absolute atomic E-state index is 0.167. The highest BCUT2D eigenvalue weighted by Crippen LogP contribution is 2.18. The Balaban J connectivity index is 1.89. The highest BCUT2D eigenvalue weighted by atomic mass is 127. The Bertz CT molecular complexity index is 659. The van der Waals surface area contributed by atoms with Crippen molar-refractivity contribution in [3.8, 4) is 11.5 Å². The van der Waals surface area contributed by atoms with Gasteiger partial charge in [0, 0.05) is 9.26 Å². The fraction of sp³-hybridized carbons (Fsp3) is 0.188. The van der Waals surface area contributed by atoms with E-state index in [4.69, 9.17) is 4.74 Å². The summed E-state index contributed by atoms with van der Waals surface area (Å²) in [6.07, 6.45) is -0.506. The third-order valence-corrected chi connectivity index (χ3v) is 3.59. The van der Waals surface area contributed by atoms with Crippen LogP contribution >= 0.6 is 22.6 Å². The van der Waals surface area contributed by atoms with E-state index in [1.807, 2.05) is 25.1 Å². The molecule has 0 fully saturated rings. The molecule has 0 aliphatic heterocycles. The molecule has 0 saturated heterocycles. The third-order valence-electron chi connectivity index (χ3n) is 2.92. The highest BCUT2D eigenvalue weighted by Gasteiger charge is 2.10. The second-order valence-corrected chi connectivity index (χ2v) is 6.06. The van der Waals surface area contributed by atoms with Crippen LogP contribution in [0.4, 0.5) is 10.5 Å². The summed E-state index contributed by atoms with van der Waals surface area (Å²) >= 11 is 2.22. The smallest absolute Gasteiger partial charge is 0.322 e. The van der Waals surface area contributed by atoms with Gasteiger partial charge >= 0.3 is 6.03 Å². The topological polar surface area (TPSA) is 70.6 Å². The van der Waals surface area contributed by atoms with E-state index < -0.39 is 6.23 Å². The van der Waals surface area contributed by atoms with Crippen molar-refractivity contribution < 1.29 is 14.6 Å². The number of aryl methyl sites for hydroxylation is 1. The van der Waals surface area contributed by atoms with Crippen molar-refractivity contribution in [2.75, 3.05) is 5.32 Å². The zero-order chi connectivity index (χ0) is 16.1. The molecule has 22 heavy (non-hydrogen) atoms. The molecule has 0 heterocycles. The molecular weight excluding hydrogens is 395 g/mol. The van der Waals surface area contributed by atoms with Gasteiger partial charge in [0.2, 0.25) is 0 Å². The SMILES string of the molecule is Cc1cc(I)ccc1NC(=O)NC(C)Oc1ccc(O)cc1. The molecule has 1 atom stereocenters. The Kier molecular flexibility index (Phi) is 5.48. The average molecular weight is 412 g/mol. The van der Waals surface area contributed by atoms with Crippen LogP contribution in [-0.2, 0) is 0 Å². The first-order chi connectivity index (χ1) is 10.4. The molecule has 5 nitrogen and oxygen atoms in total. The lowest BCUT2D eigenvalue weighted by Gasteiger charge is -2.17. The molecule has 2 rings (SSSR count). The number of nitrogens with one attached hydrogen (secondary N) is 2. The van der Waals surface area contributed by atoms with Gasteiger partial charge in [-0.25, -0.2) is 4.79 Å². The molecule has 0 radical (unpaired) electrons. The molecule has 2 aromatic carbocycles. The normalized spacial score (nSPS) is 11.6. The molecule has 0 aliphatic carbocycles. The summed E-state index contributed by atoms with van der Waals surface area (Å²) < 4.78 is 6.66. The molecule has 6 heteroatoms. The zero-order valence-corrected chi connectivity index (χ0v) is 14.4. The molecule has 2 aromatic rings. The molecular formula is C16H17IN2O3. The van der Waals surface area contributed by atoms with Gasteiger partial charge in [-0.15, -0.1) is 0 Å². The highest BCUT2D eigenvalue weighted by molar-refractivity contribution is 14.1. The number of hydrogen-bond acceptors (Lipinski definition) is 3. The van der Waals surface area contributed by atoms with E-state index in [0.29, 0.717) is 5.75 Å². The monoisotopic (exact) mass is 412 g/mol. The predicted molar refractivity (Wildman–Crippen MR) is 94.2 cm³/mol. The number of hydrogen-bond donors (Lipinski definition) is 3. The van der Waals surface area contributed by atoms with Gasteiger partial charge in [-0.2, -0.15) is 0 Å². The van der Waals surface area contributed by atoms with Crippen LogP contribution in [0.15, 0.2) is 42.5 Å². The average Bonchev–Trinajstić information content (AvgIpc) is 2.44. The molecule has 0 spiro atoms. The summed E-state index contributed by atoms with van der Waals surface area (Å²) in [4.78, 5) is 12.0. The maximum atomic E-state index is 12.0. The Morgan fingerprint density at radius 2 is 1.91 bits per heavy atom. The number of carbonyl (C=O) groups excluding carboxylic acids is 1. The molecule has 0 aliphatic rings. The fourth-order valence-corrected chi connectivity index (χ4v) is 2.52. The van der Waals surface area contributed by atoms with Crippen LogP contribution in [0, 0.1) is 10.5 Å². The van der Waals surface area contributed by atoms with Gasteiger partial charge in [-0.05, 0) is 84.5 Å². The maximum absolute atomic E-state index is 12.0. The summed E-state index contributed by atoms with van der Waals surface area (Å²) in [5, 5.41) is 14.7. The van der Waals surface area contributed by atoms with Crippen LogP contribution in [0.5, 0.6) is 11.5 Å². The van der Waals surface area contributed by atoms with Gasteiger partial charge in [-0.3, -0.25) is 0 Å². The van der Waals surface area contributed by atoms with Crippen molar-refractivity contribution in [1.29, 1.82) is 0 Å². The van der Waals surface area contributed by atoms with Crippen LogP contribution in [0.3, 0.4) is 0 Å². The van der Waals surface area contributed by atoms with Crippen LogP contribution in [0.1, 0.15) is 12.5 Å². The van der Waals surface area contributed by atoms with Gasteiger partial charge in [0.25, 0.3) is 0 Å². The van der Waals surface area contributed by atoms with Gasteiger partial charge in [0.15, 0.2) is 6.23 Å². The molecule has 3 N–H and O–H groups in total. The number of aromatic hydroxyl groups is 1. The Morgan fingerprint density at radius 3 is 2.55 bits per heavy atom. The predicted octanol–water partition coefficient (Wildman–Crippen LogP) is 3.85. The van der Waals surface area contributed by atoms with Crippen molar-refractivity contribution in [2.24, 2.45) is 0 Å². The number of rotatable bonds is 4. The van der Waals surface area contributed by atoms with Crippen molar-refractivity contribution in [3.05, 3.63) is 51.6 Å². The van der Waals surface area contributed by atoms with E-state index in [1.54, 1.807) is 19.1 Å². The maximum Gasteiger partial charge on any atom is 0.322 e. The summed E-state index contributed by atoms with van der Waals surface area (Å²) in [5.41, 5.74) is 1.75. The van der Waals surface area contributed by atoms with Gasteiger partial charge in [-0.1, -0.05) is 0 Å². The summed E-state index contributed by atoms with van der Waals surface area (Å²) in [6.45, 7) is 3.67.